The molecule has 1 N–H and O–H groups in total. The summed E-state index contributed by atoms with van der Waals surface area (Å²) < 4.78 is 6.73. The summed E-state index contributed by atoms with van der Waals surface area (Å²) in [6, 6.07) is 5.65. The number of hydrogen-bond donors (Lipinski definition) is 1. The lowest BCUT2D eigenvalue weighted by molar-refractivity contribution is 0.177. The summed E-state index contributed by atoms with van der Waals surface area (Å²) in [6.07, 6.45) is 3.44. The predicted octanol–water partition coefficient (Wildman–Crippen LogP) is 1.12. The molecular formula is C10H9N3O2. The number of rotatable bonds is 1. The highest BCUT2D eigenvalue weighted by molar-refractivity contribution is 5.70. The molecule has 5 heteroatoms. The van der Waals surface area contributed by atoms with Gasteiger partial charge in [-0.15, -0.1) is 0 Å². The summed E-state index contributed by atoms with van der Waals surface area (Å²) in [6.45, 7) is 0.350. The van der Waals surface area contributed by atoms with Crippen LogP contribution in [0.3, 0.4) is 0 Å². The van der Waals surface area contributed by atoms with Gasteiger partial charge in [-0.2, -0.15) is 0 Å². The summed E-state index contributed by atoms with van der Waals surface area (Å²) in [5.74, 6) is 0. The van der Waals surface area contributed by atoms with E-state index in [-0.39, 0.29) is 12.1 Å². The summed E-state index contributed by atoms with van der Waals surface area (Å²) in [4.78, 5) is 15.3. The Hall–Kier alpha value is -2.04. The van der Waals surface area contributed by atoms with Gasteiger partial charge in [-0.3, -0.25) is 0 Å². The fraction of sp³-hybridized carbons (Fsp3) is 0.200. The zero-order valence-corrected chi connectivity index (χ0v) is 7.88. The number of hydrogen-bond acceptors (Lipinski definition) is 3. The van der Waals surface area contributed by atoms with Gasteiger partial charge in [0.1, 0.15) is 18.3 Å². The third-order valence-corrected chi connectivity index (χ3v) is 2.41. The molecule has 1 aliphatic heterocycles. The lowest BCUT2D eigenvalue weighted by Crippen LogP contribution is -2.18. The van der Waals surface area contributed by atoms with Crippen LogP contribution in [0, 0.1) is 0 Å². The number of carbonyl (C=O) groups is 1. The molecule has 15 heavy (non-hydrogen) atoms. The second-order valence-corrected chi connectivity index (χ2v) is 3.43. The van der Waals surface area contributed by atoms with Gasteiger partial charge in [0.2, 0.25) is 0 Å². The van der Waals surface area contributed by atoms with Crippen LogP contribution in [0.4, 0.5) is 4.79 Å². The summed E-state index contributed by atoms with van der Waals surface area (Å²) in [5.41, 5.74) is 1.70. The maximum Gasteiger partial charge on any atom is 0.407 e. The molecule has 1 amide bonds. The number of nitrogens with one attached hydrogen (secondary N) is 1. The number of nitrogens with zero attached hydrogens (tertiary/aromatic N) is 2. The van der Waals surface area contributed by atoms with E-state index in [1.165, 1.54) is 0 Å². The minimum Gasteiger partial charge on any atom is -0.447 e. The lowest BCUT2D eigenvalue weighted by Gasteiger charge is -2.00. The van der Waals surface area contributed by atoms with Crippen molar-refractivity contribution in [2.75, 3.05) is 6.61 Å². The molecular weight excluding hydrogens is 194 g/mol. The van der Waals surface area contributed by atoms with E-state index in [9.17, 15) is 4.79 Å². The molecule has 0 saturated carbocycles. The largest absolute Gasteiger partial charge is 0.447 e. The minimum absolute atomic E-state index is 0.127. The van der Waals surface area contributed by atoms with E-state index in [0.717, 1.165) is 11.3 Å². The van der Waals surface area contributed by atoms with Crippen LogP contribution in [-0.4, -0.2) is 22.1 Å². The highest BCUT2D eigenvalue weighted by Gasteiger charge is 2.25. The molecule has 1 fully saturated rings. The molecule has 0 bridgehead atoms. The Morgan fingerprint density at radius 3 is 3.20 bits per heavy atom. The van der Waals surface area contributed by atoms with E-state index >= 15 is 0 Å². The van der Waals surface area contributed by atoms with Crippen molar-refractivity contribution in [1.29, 1.82) is 0 Å². The van der Waals surface area contributed by atoms with Crippen LogP contribution in [0.25, 0.3) is 5.65 Å². The minimum atomic E-state index is -0.378. The molecule has 1 aliphatic rings. The van der Waals surface area contributed by atoms with Gasteiger partial charge in [0.15, 0.2) is 0 Å². The topological polar surface area (TPSA) is 55.6 Å². The Bertz CT molecular complexity index is 487. The third-order valence-electron chi connectivity index (χ3n) is 2.41. The van der Waals surface area contributed by atoms with E-state index in [1.807, 2.05) is 35.0 Å². The van der Waals surface area contributed by atoms with Crippen molar-refractivity contribution < 1.29 is 9.53 Å². The second-order valence-electron chi connectivity index (χ2n) is 3.43. The van der Waals surface area contributed by atoms with Crippen LogP contribution < -0.4 is 5.32 Å². The average Bonchev–Trinajstić information content (AvgIpc) is 2.82. The Labute approximate surface area is 85.7 Å². The molecule has 1 atom stereocenters. The molecule has 5 nitrogen and oxygen atoms in total. The molecule has 0 radical (unpaired) electrons. The number of ether oxygens (including phenoxy) is 1. The van der Waals surface area contributed by atoms with Crippen molar-refractivity contribution in [3.63, 3.8) is 0 Å². The quantitative estimate of drug-likeness (QED) is 0.755. The van der Waals surface area contributed by atoms with Gasteiger partial charge in [0.05, 0.1) is 5.69 Å². The lowest BCUT2D eigenvalue weighted by atomic mass is 10.2. The maximum atomic E-state index is 10.9. The van der Waals surface area contributed by atoms with E-state index < -0.39 is 0 Å². The Balaban J connectivity index is 2.01. The Morgan fingerprint density at radius 2 is 2.47 bits per heavy atom. The number of carbonyl (C=O) groups excluding carboxylic acids is 1. The molecule has 0 aromatic carbocycles. The Kier molecular flexibility index (Phi) is 1.65. The summed E-state index contributed by atoms with van der Waals surface area (Å²) in [7, 11) is 0. The van der Waals surface area contributed by atoms with Crippen LogP contribution in [0.2, 0.25) is 0 Å². The number of alkyl carbamates (subject to hydrolysis) is 1. The molecule has 1 unspecified atom stereocenters. The van der Waals surface area contributed by atoms with Crippen molar-refractivity contribution in [3.8, 4) is 0 Å². The number of pyridine rings is 1. The van der Waals surface area contributed by atoms with Crippen LogP contribution in [0.15, 0.2) is 30.6 Å². The monoisotopic (exact) mass is 203 g/mol. The highest BCUT2D eigenvalue weighted by Crippen LogP contribution is 2.17. The molecule has 76 valence electrons. The number of imidazole rings is 1. The molecule has 0 aliphatic carbocycles. The smallest absolute Gasteiger partial charge is 0.407 e. The van der Waals surface area contributed by atoms with Gasteiger partial charge in [-0.05, 0) is 12.1 Å². The maximum absolute atomic E-state index is 10.9. The summed E-state index contributed by atoms with van der Waals surface area (Å²) in [5, 5.41) is 2.69. The first-order valence-electron chi connectivity index (χ1n) is 4.70. The van der Waals surface area contributed by atoms with Crippen LogP contribution in [-0.2, 0) is 4.74 Å². The van der Waals surface area contributed by atoms with E-state index in [0.29, 0.717) is 6.61 Å². The molecule has 3 heterocycles. The molecule has 3 rings (SSSR count). The van der Waals surface area contributed by atoms with Crippen LogP contribution in [0.5, 0.6) is 0 Å². The number of aromatic nitrogens is 2. The third kappa shape index (κ3) is 1.32. The van der Waals surface area contributed by atoms with Crippen molar-refractivity contribution in [1.82, 2.24) is 14.7 Å². The second kappa shape index (κ2) is 2.98. The molecule has 0 spiro atoms. The normalized spacial score (nSPS) is 20.3. The predicted molar refractivity (Wildman–Crippen MR) is 52.4 cm³/mol. The zero-order chi connectivity index (χ0) is 10.3. The molecule has 2 aromatic rings. The highest BCUT2D eigenvalue weighted by atomic mass is 16.6. The number of amides is 1. The van der Waals surface area contributed by atoms with E-state index in [2.05, 4.69) is 10.3 Å². The van der Waals surface area contributed by atoms with Crippen molar-refractivity contribution in [2.24, 2.45) is 0 Å². The molecule has 1 saturated heterocycles. The van der Waals surface area contributed by atoms with Crippen molar-refractivity contribution >= 4 is 11.7 Å². The number of fused-ring (bicyclic) bond motifs is 1. The van der Waals surface area contributed by atoms with Gasteiger partial charge in [-0.25, -0.2) is 9.78 Å². The zero-order valence-electron chi connectivity index (χ0n) is 7.88. The first-order valence-corrected chi connectivity index (χ1v) is 4.70. The van der Waals surface area contributed by atoms with Gasteiger partial charge >= 0.3 is 6.09 Å². The van der Waals surface area contributed by atoms with Gasteiger partial charge in [-0.1, -0.05) is 6.07 Å². The first-order chi connectivity index (χ1) is 7.33. The van der Waals surface area contributed by atoms with Crippen molar-refractivity contribution in [2.45, 2.75) is 6.04 Å². The van der Waals surface area contributed by atoms with Crippen LogP contribution in [0.1, 0.15) is 11.7 Å². The fourth-order valence-electron chi connectivity index (χ4n) is 1.67. The van der Waals surface area contributed by atoms with Crippen molar-refractivity contribution in [3.05, 3.63) is 36.3 Å². The van der Waals surface area contributed by atoms with E-state index in [4.69, 9.17) is 4.74 Å². The Morgan fingerprint density at radius 1 is 1.53 bits per heavy atom. The van der Waals surface area contributed by atoms with Gasteiger partial charge < -0.3 is 14.5 Å². The van der Waals surface area contributed by atoms with Gasteiger partial charge in [0, 0.05) is 12.4 Å². The SMILES string of the molecule is O=C1NC(c2cn3ccccc3n2)CO1. The molecule has 2 aromatic heterocycles. The average molecular weight is 203 g/mol. The first kappa shape index (κ1) is 8.28. The van der Waals surface area contributed by atoms with Gasteiger partial charge in [0.25, 0.3) is 0 Å². The standard InChI is InChI=1S/C10H9N3O2/c14-10-12-8(6-15-10)7-5-13-4-2-1-3-9(13)11-7/h1-5,8H,6H2,(H,12,14). The summed E-state index contributed by atoms with van der Waals surface area (Å²) >= 11 is 0. The fourth-order valence-corrected chi connectivity index (χ4v) is 1.67. The van der Waals surface area contributed by atoms with E-state index in [1.54, 1.807) is 0 Å². The van der Waals surface area contributed by atoms with Crippen LogP contribution >= 0.6 is 0 Å². The number of cyclic esters (lactones) is 1.